The minimum atomic E-state index is -0.573. The van der Waals surface area contributed by atoms with E-state index in [2.05, 4.69) is 21.4 Å². The number of hydrogen-bond donors (Lipinski definition) is 2. The van der Waals surface area contributed by atoms with E-state index in [4.69, 9.17) is 10.6 Å². The van der Waals surface area contributed by atoms with E-state index in [9.17, 15) is 8.78 Å². The lowest BCUT2D eigenvalue weighted by molar-refractivity contribution is 0.0188. The van der Waals surface area contributed by atoms with Crippen LogP contribution < -0.4 is 11.3 Å². The van der Waals surface area contributed by atoms with Gasteiger partial charge in [0.25, 0.3) is 0 Å². The summed E-state index contributed by atoms with van der Waals surface area (Å²) >= 11 is 3.08. The minimum Gasteiger partial charge on any atom is -0.377 e. The second kappa shape index (κ2) is 6.93. The summed E-state index contributed by atoms with van der Waals surface area (Å²) in [5.41, 5.74) is 2.69. The monoisotopic (exact) mass is 348 g/mol. The van der Waals surface area contributed by atoms with Gasteiger partial charge in [-0.25, -0.2) is 8.78 Å². The Morgan fingerprint density at radius 1 is 1.45 bits per heavy atom. The number of nitrogens with one attached hydrogen (secondary N) is 1. The second-order valence-corrected chi connectivity index (χ2v) is 5.91. The number of hydrazine groups is 1. The predicted molar refractivity (Wildman–Crippen MR) is 77.0 cm³/mol. The van der Waals surface area contributed by atoms with Gasteiger partial charge in [-0.2, -0.15) is 0 Å². The van der Waals surface area contributed by atoms with Crippen molar-refractivity contribution in [1.82, 2.24) is 5.43 Å². The van der Waals surface area contributed by atoms with E-state index >= 15 is 0 Å². The maximum Gasteiger partial charge on any atom is 0.143 e. The Hall–Kier alpha value is -0.560. The van der Waals surface area contributed by atoms with E-state index in [1.54, 1.807) is 0 Å². The Bertz CT molecular complexity index is 469. The number of halogens is 3. The highest BCUT2D eigenvalue weighted by atomic mass is 79.9. The van der Waals surface area contributed by atoms with Crippen molar-refractivity contribution in [3.8, 4) is 0 Å². The third kappa shape index (κ3) is 3.55. The normalized spacial score (nSPS) is 18.1. The van der Waals surface area contributed by atoms with Crippen LogP contribution in [0.25, 0.3) is 0 Å². The molecule has 0 heterocycles. The van der Waals surface area contributed by atoms with E-state index in [0.717, 1.165) is 12.8 Å². The Kier molecular flexibility index (Phi) is 5.49. The summed E-state index contributed by atoms with van der Waals surface area (Å²) < 4.78 is 33.8. The largest absolute Gasteiger partial charge is 0.377 e. The van der Waals surface area contributed by atoms with Crippen molar-refractivity contribution in [3.05, 3.63) is 33.8 Å². The zero-order valence-corrected chi connectivity index (χ0v) is 12.9. The first kappa shape index (κ1) is 15.8. The highest BCUT2D eigenvalue weighted by Crippen LogP contribution is 2.37. The van der Waals surface area contributed by atoms with Crippen LogP contribution in [0.5, 0.6) is 0 Å². The van der Waals surface area contributed by atoms with Gasteiger partial charge in [0, 0.05) is 12.2 Å². The van der Waals surface area contributed by atoms with E-state index < -0.39 is 11.6 Å². The van der Waals surface area contributed by atoms with E-state index in [0.29, 0.717) is 12.5 Å². The average Bonchev–Trinajstić information content (AvgIpc) is 3.26. The molecule has 0 amide bonds. The Morgan fingerprint density at radius 2 is 2.15 bits per heavy atom. The molecule has 1 saturated carbocycles. The third-order valence-electron chi connectivity index (χ3n) is 3.62. The molecular weight excluding hydrogens is 330 g/mol. The predicted octanol–water partition coefficient (Wildman–Crippen LogP) is 2.92. The van der Waals surface area contributed by atoms with Crippen LogP contribution in [0.4, 0.5) is 8.78 Å². The van der Waals surface area contributed by atoms with E-state index in [1.807, 2.05) is 6.92 Å². The highest BCUT2D eigenvalue weighted by Gasteiger charge is 2.37. The van der Waals surface area contributed by atoms with Crippen molar-refractivity contribution < 1.29 is 13.5 Å². The van der Waals surface area contributed by atoms with Crippen LogP contribution in [0.1, 0.15) is 25.3 Å². The van der Waals surface area contributed by atoms with Crippen molar-refractivity contribution in [2.45, 2.75) is 38.3 Å². The number of rotatable bonds is 7. The number of ether oxygens (including phenoxy) is 1. The average molecular weight is 349 g/mol. The van der Waals surface area contributed by atoms with Gasteiger partial charge in [0.2, 0.25) is 0 Å². The molecule has 0 saturated heterocycles. The number of hydrogen-bond acceptors (Lipinski definition) is 3. The van der Waals surface area contributed by atoms with E-state index in [-0.39, 0.29) is 28.6 Å². The molecule has 0 spiro atoms. The molecule has 3 nitrogen and oxygen atoms in total. The molecule has 2 atom stereocenters. The molecule has 2 rings (SSSR count). The molecule has 1 aromatic rings. The Balaban J connectivity index is 2.19. The second-order valence-electron chi connectivity index (χ2n) is 5.06. The van der Waals surface area contributed by atoms with Crippen molar-refractivity contribution >= 4 is 15.9 Å². The summed E-state index contributed by atoms with van der Waals surface area (Å²) in [7, 11) is 0. The van der Waals surface area contributed by atoms with Crippen molar-refractivity contribution in [1.29, 1.82) is 0 Å². The SMILES string of the molecule is CCOC(C1CC1)C(Cc1c(F)ccc(Br)c1F)NN. The van der Waals surface area contributed by atoms with Gasteiger partial charge in [0.05, 0.1) is 16.6 Å². The third-order valence-corrected chi connectivity index (χ3v) is 4.23. The van der Waals surface area contributed by atoms with Gasteiger partial charge in [-0.05, 0) is 60.2 Å². The molecule has 1 fully saturated rings. The molecular formula is C14H19BrF2N2O. The quantitative estimate of drug-likeness (QED) is 0.452. The molecule has 3 N–H and O–H groups in total. The summed E-state index contributed by atoms with van der Waals surface area (Å²) in [6.45, 7) is 2.46. The zero-order chi connectivity index (χ0) is 14.7. The molecule has 20 heavy (non-hydrogen) atoms. The maximum atomic E-state index is 14.0. The maximum absolute atomic E-state index is 14.0. The molecule has 6 heteroatoms. The van der Waals surface area contributed by atoms with Crippen molar-refractivity contribution in [2.24, 2.45) is 11.8 Å². The van der Waals surface area contributed by atoms with Crippen LogP contribution in [-0.2, 0) is 11.2 Å². The van der Waals surface area contributed by atoms with Gasteiger partial charge in [-0.15, -0.1) is 0 Å². The van der Waals surface area contributed by atoms with Crippen LogP contribution in [0, 0.1) is 17.6 Å². The summed E-state index contributed by atoms with van der Waals surface area (Å²) in [6, 6.07) is 2.31. The van der Waals surface area contributed by atoms with Gasteiger partial charge in [-0.3, -0.25) is 11.3 Å². The van der Waals surface area contributed by atoms with Crippen molar-refractivity contribution in [3.63, 3.8) is 0 Å². The van der Waals surface area contributed by atoms with Crippen LogP contribution in [-0.4, -0.2) is 18.8 Å². The number of benzene rings is 1. The van der Waals surface area contributed by atoms with Gasteiger partial charge < -0.3 is 4.74 Å². The first-order valence-electron chi connectivity index (χ1n) is 6.78. The van der Waals surface area contributed by atoms with Crippen LogP contribution in [0.15, 0.2) is 16.6 Å². The molecule has 1 aliphatic rings. The van der Waals surface area contributed by atoms with Gasteiger partial charge in [0.15, 0.2) is 0 Å². The van der Waals surface area contributed by atoms with Crippen molar-refractivity contribution in [2.75, 3.05) is 6.61 Å². The molecule has 1 aromatic carbocycles. The zero-order valence-electron chi connectivity index (χ0n) is 11.3. The first-order chi connectivity index (χ1) is 9.58. The summed E-state index contributed by atoms with van der Waals surface area (Å²) in [6.07, 6.45) is 2.20. The first-order valence-corrected chi connectivity index (χ1v) is 7.57. The van der Waals surface area contributed by atoms with Gasteiger partial charge in [0.1, 0.15) is 11.6 Å². The smallest absolute Gasteiger partial charge is 0.143 e. The topological polar surface area (TPSA) is 47.3 Å². The molecule has 0 radical (unpaired) electrons. The molecule has 0 aliphatic heterocycles. The molecule has 1 aliphatic carbocycles. The lowest BCUT2D eigenvalue weighted by atomic mass is 9.98. The van der Waals surface area contributed by atoms with Gasteiger partial charge in [-0.1, -0.05) is 0 Å². The fraction of sp³-hybridized carbons (Fsp3) is 0.571. The standard InChI is InChI=1S/C14H19BrF2N2O/c1-2-20-14(8-3-4-8)12(19-18)7-9-11(16)6-5-10(15)13(9)17/h5-6,8,12,14,19H,2-4,7,18H2,1H3. The lowest BCUT2D eigenvalue weighted by Crippen LogP contribution is -2.48. The Labute approximate surface area is 126 Å². The molecule has 0 bridgehead atoms. The fourth-order valence-electron chi connectivity index (χ4n) is 2.44. The minimum absolute atomic E-state index is 0.0349. The number of nitrogens with two attached hydrogens (primary N) is 1. The van der Waals surface area contributed by atoms with E-state index in [1.165, 1.54) is 12.1 Å². The van der Waals surface area contributed by atoms with Crippen LogP contribution >= 0.6 is 15.9 Å². The molecule has 2 unspecified atom stereocenters. The van der Waals surface area contributed by atoms with Crippen LogP contribution in [0.3, 0.4) is 0 Å². The summed E-state index contributed by atoms with van der Waals surface area (Å²) in [5, 5.41) is 0. The molecule has 0 aromatic heterocycles. The van der Waals surface area contributed by atoms with Gasteiger partial charge >= 0.3 is 0 Å². The fourth-order valence-corrected chi connectivity index (χ4v) is 2.82. The van der Waals surface area contributed by atoms with Crippen LogP contribution in [0.2, 0.25) is 0 Å². The molecule has 112 valence electrons. The summed E-state index contributed by atoms with van der Waals surface area (Å²) in [4.78, 5) is 0. The lowest BCUT2D eigenvalue weighted by Gasteiger charge is -2.27. The Morgan fingerprint density at radius 3 is 2.70 bits per heavy atom. The summed E-state index contributed by atoms with van der Waals surface area (Å²) in [5.74, 6) is 4.86. The highest BCUT2D eigenvalue weighted by molar-refractivity contribution is 9.10.